The average molecular weight is 499 g/mol. The second kappa shape index (κ2) is 9.62. The Labute approximate surface area is 212 Å². The van der Waals surface area contributed by atoms with Gasteiger partial charge in [-0.2, -0.15) is 9.37 Å². The number of halogens is 2. The Morgan fingerprint density at radius 2 is 1.95 bits per heavy atom. The van der Waals surface area contributed by atoms with E-state index < -0.39 is 11.8 Å². The molecule has 5 heterocycles. The lowest BCUT2D eigenvalue weighted by Gasteiger charge is -2.31. The van der Waals surface area contributed by atoms with E-state index in [4.69, 9.17) is 9.97 Å². The predicted octanol–water partition coefficient (Wildman–Crippen LogP) is 4.87. The molecule has 1 aliphatic heterocycles. The van der Waals surface area contributed by atoms with Crippen LogP contribution in [0.15, 0.2) is 61.1 Å². The molecule has 0 saturated carbocycles. The Morgan fingerprint density at radius 1 is 1.05 bits per heavy atom. The zero-order valence-corrected chi connectivity index (χ0v) is 20.0. The van der Waals surface area contributed by atoms with Crippen LogP contribution in [0.3, 0.4) is 0 Å². The zero-order valence-electron chi connectivity index (χ0n) is 20.0. The Morgan fingerprint density at radius 3 is 2.76 bits per heavy atom. The fourth-order valence-corrected chi connectivity index (χ4v) is 4.58. The average Bonchev–Trinajstić information content (AvgIpc) is 2.87. The van der Waals surface area contributed by atoms with Crippen LogP contribution >= 0.6 is 0 Å². The molecule has 2 atom stereocenters. The van der Waals surface area contributed by atoms with Crippen molar-refractivity contribution in [2.75, 3.05) is 23.7 Å². The van der Waals surface area contributed by atoms with Crippen molar-refractivity contribution in [3.63, 3.8) is 0 Å². The van der Waals surface area contributed by atoms with E-state index in [2.05, 4.69) is 37.8 Å². The standard InChI is InChI=1S/C27H24F2N8/c1-15-12-30-9-8-20(15)33-27-24-18(16-3-2-4-16)13-31-14-21(24)34-25(37-27)17-7-10-32-23(11-17)36-26-19(28)5-6-22(29)35-26/h2-7,10-11,13-15,20,30H,8-9,12H2,1H3,(H,32,35,36)(H,33,34,37)/t15-,20-/m0/s1. The van der Waals surface area contributed by atoms with Crippen molar-refractivity contribution in [3.8, 4) is 11.4 Å². The van der Waals surface area contributed by atoms with Crippen LogP contribution in [0.2, 0.25) is 0 Å². The van der Waals surface area contributed by atoms with E-state index in [1.165, 1.54) is 0 Å². The summed E-state index contributed by atoms with van der Waals surface area (Å²) in [6, 6.07) is 5.67. The summed E-state index contributed by atoms with van der Waals surface area (Å²) < 4.78 is 27.7. The summed E-state index contributed by atoms with van der Waals surface area (Å²) in [6.45, 7) is 4.08. The number of hydrogen-bond acceptors (Lipinski definition) is 8. The van der Waals surface area contributed by atoms with E-state index in [1.807, 2.05) is 24.4 Å². The topological polar surface area (TPSA) is 101 Å². The second-order valence-corrected chi connectivity index (χ2v) is 9.20. The fraction of sp³-hybridized carbons (Fsp3) is 0.222. The van der Waals surface area contributed by atoms with E-state index in [0.29, 0.717) is 22.8 Å². The summed E-state index contributed by atoms with van der Waals surface area (Å²) in [5.41, 5.74) is 3.42. The molecule has 4 aromatic heterocycles. The van der Waals surface area contributed by atoms with Crippen LogP contribution in [0.5, 0.6) is 0 Å². The van der Waals surface area contributed by atoms with Crippen molar-refractivity contribution < 1.29 is 8.78 Å². The molecule has 37 heavy (non-hydrogen) atoms. The summed E-state index contributed by atoms with van der Waals surface area (Å²) in [5, 5.41) is 10.8. The van der Waals surface area contributed by atoms with Crippen LogP contribution in [-0.4, -0.2) is 44.1 Å². The molecular weight excluding hydrogens is 474 g/mol. The first-order valence-electron chi connectivity index (χ1n) is 12.1. The van der Waals surface area contributed by atoms with Gasteiger partial charge in [0.1, 0.15) is 11.6 Å². The van der Waals surface area contributed by atoms with Crippen LogP contribution in [0.25, 0.3) is 27.9 Å². The zero-order chi connectivity index (χ0) is 25.4. The monoisotopic (exact) mass is 498 g/mol. The highest BCUT2D eigenvalue weighted by Crippen LogP contribution is 2.34. The predicted molar refractivity (Wildman–Crippen MR) is 139 cm³/mol. The van der Waals surface area contributed by atoms with Gasteiger partial charge in [-0.05, 0) is 55.3 Å². The quantitative estimate of drug-likeness (QED) is 0.324. The van der Waals surface area contributed by atoms with Gasteiger partial charge in [0.25, 0.3) is 0 Å². The lowest BCUT2D eigenvalue weighted by Crippen LogP contribution is -2.42. The highest BCUT2D eigenvalue weighted by atomic mass is 19.1. The molecule has 1 saturated heterocycles. The molecule has 1 fully saturated rings. The van der Waals surface area contributed by atoms with Crippen molar-refractivity contribution in [2.24, 2.45) is 5.92 Å². The molecule has 0 radical (unpaired) electrons. The molecule has 0 aromatic carbocycles. The normalized spacial score (nSPS) is 18.8. The minimum absolute atomic E-state index is 0.246. The number of piperidine rings is 1. The van der Waals surface area contributed by atoms with Gasteiger partial charge in [0.2, 0.25) is 5.95 Å². The minimum Gasteiger partial charge on any atom is -0.366 e. The van der Waals surface area contributed by atoms with Gasteiger partial charge >= 0.3 is 0 Å². The highest BCUT2D eigenvalue weighted by molar-refractivity contribution is 6.02. The smallest absolute Gasteiger partial charge is 0.214 e. The number of pyridine rings is 3. The number of fused-ring (bicyclic) bond motifs is 1. The van der Waals surface area contributed by atoms with Crippen LogP contribution < -0.4 is 16.0 Å². The number of nitrogens with zero attached hydrogens (tertiary/aromatic N) is 5. The molecule has 0 amide bonds. The number of anilines is 3. The summed E-state index contributed by atoms with van der Waals surface area (Å²) in [5.74, 6) is 0.184. The minimum atomic E-state index is -0.791. The number of hydrogen-bond donors (Lipinski definition) is 3. The molecule has 186 valence electrons. The maximum atomic E-state index is 14.1. The van der Waals surface area contributed by atoms with Crippen LogP contribution in [0.4, 0.5) is 26.2 Å². The number of nitrogens with one attached hydrogen (secondary N) is 3. The van der Waals surface area contributed by atoms with Gasteiger partial charge in [0.05, 0.1) is 17.1 Å². The first kappa shape index (κ1) is 23.1. The number of allylic oxidation sites excluding steroid dienone is 4. The number of rotatable bonds is 6. The first-order valence-corrected chi connectivity index (χ1v) is 12.1. The van der Waals surface area contributed by atoms with Crippen molar-refractivity contribution in [2.45, 2.75) is 19.4 Å². The van der Waals surface area contributed by atoms with Crippen LogP contribution in [0.1, 0.15) is 18.9 Å². The van der Waals surface area contributed by atoms with Crippen LogP contribution in [0, 0.1) is 17.7 Å². The molecule has 4 aromatic rings. The molecule has 8 nitrogen and oxygen atoms in total. The number of aromatic nitrogens is 5. The summed E-state index contributed by atoms with van der Waals surface area (Å²) in [4.78, 5) is 22.0. The Balaban J connectivity index is 1.42. The molecule has 0 unspecified atom stereocenters. The molecule has 2 aliphatic rings. The Kier molecular flexibility index (Phi) is 6.01. The van der Waals surface area contributed by atoms with Gasteiger partial charge in [-0.1, -0.05) is 25.2 Å². The molecular formula is C27H24F2N8. The SMILES string of the molecule is C[C@H]1CNCC[C@@H]1Nc1nc(-c2ccnc(Nc3nc(F)ccc3F)c2)nc2cncc(C3=CC=C3)c12. The molecule has 1 aliphatic carbocycles. The van der Waals surface area contributed by atoms with Gasteiger partial charge < -0.3 is 16.0 Å². The molecule has 3 N–H and O–H groups in total. The van der Waals surface area contributed by atoms with Gasteiger partial charge in [-0.25, -0.2) is 19.3 Å². The largest absolute Gasteiger partial charge is 0.366 e. The molecule has 0 bridgehead atoms. The third-order valence-corrected chi connectivity index (χ3v) is 6.65. The van der Waals surface area contributed by atoms with Crippen molar-refractivity contribution in [1.29, 1.82) is 0 Å². The van der Waals surface area contributed by atoms with E-state index in [0.717, 1.165) is 54.0 Å². The summed E-state index contributed by atoms with van der Waals surface area (Å²) in [6.07, 6.45) is 12.2. The summed E-state index contributed by atoms with van der Waals surface area (Å²) in [7, 11) is 0. The van der Waals surface area contributed by atoms with Crippen molar-refractivity contribution >= 4 is 33.9 Å². The van der Waals surface area contributed by atoms with Gasteiger partial charge in [0.15, 0.2) is 17.5 Å². The van der Waals surface area contributed by atoms with Crippen molar-refractivity contribution in [1.82, 2.24) is 30.2 Å². The molecule has 0 spiro atoms. The lowest BCUT2D eigenvalue weighted by molar-refractivity contribution is 0.368. The fourth-order valence-electron chi connectivity index (χ4n) is 4.58. The van der Waals surface area contributed by atoms with E-state index in [-0.39, 0.29) is 17.7 Å². The third kappa shape index (κ3) is 4.63. The summed E-state index contributed by atoms with van der Waals surface area (Å²) >= 11 is 0. The maximum Gasteiger partial charge on any atom is 0.214 e. The highest BCUT2D eigenvalue weighted by Gasteiger charge is 2.24. The second-order valence-electron chi connectivity index (χ2n) is 9.20. The van der Waals surface area contributed by atoms with E-state index in [9.17, 15) is 8.78 Å². The van der Waals surface area contributed by atoms with E-state index >= 15 is 0 Å². The molecule has 10 heteroatoms. The van der Waals surface area contributed by atoms with Crippen molar-refractivity contribution in [3.05, 3.63) is 78.4 Å². The molecule has 6 rings (SSSR count). The van der Waals surface area contributed by atoms with Gasteiger partial charge in [-0.3, -0.25) is 4.98 Å². The van der Waals surface area contributed by atoms with Crippen LogP contribution in [-0.2, 0) is 0 Å². The maximum absolute atomic E-state index is 14.1. The third-order valence-electron chi connectivity index (χ3n) is 6.65. The Hall–Kier alpha value is -4.31. The van der Waals surface area contributed by atoms with Gasteiger partial charge in [-0.15, -0.1) is 0 Å². The lowest BCUT2D eigenvalue weighted by atomic mass is 9.94. The Bertz CT molecular complexity index is 1550. The van der Waals surface area contributed by atoms with Gasteiger partial charge in [0, 0.05) is 29.6 Å². The van der Waals surface area contributed by atoms with E-state index in [1.54, 1.807) is 24.5 Å². The first-order chi connectivity index (χ1) is 18.0.